The fraction of sp³-hybridized carbons (Fsp3) is 0.375. The first kappa shape index (κ1) is 8.30. The molecule has 12 heavy (non-hydrogen) atoms. The van der Waals surface area contributed by atoms with Crippen molar-refractivity contribution in [2.24, 2.45) is 0 Å². The monoisotopic (exact) mass is 203 g/mol. The summed E-state index contributed by atoms with van der Waals surface area (Å²) in [6, 6.07) is 1.65. The van der Waals surface area contributed by atoms with Gasteiger partial charge in [0, 0.05) is 12.0 Å². The van der Waals surface area contributed by atoms with Gasteiger partial charge < -0.3 is 4.74 Å². The molecular formula is C8H7Cl2NO. The number of hydrogen-bond acceptors (Lipinski definition) is 2. The molecule has 0 radical (unpaired) electrons. The molecule has 0 N–H and O–H groups in total. The zero-order valence-electron chi connectivity index (χ0n) is 6.31. The molecule has 0 unspecified atom stereocenters. The van der Waals surface area contributed by atoms with Crippen molar-refractivity contribution in [1.82, 2.24) is 4.98 Å². The van der Waals surface area contributed by atoms with E-state index in [1.807, 2.05) is 0 Å². The molecule has 1 aromatic heterocycles. The van der Waals surface area contributed by atoms with E-state index in [0.29, 0.717) is 23.4 Å². The second-order valence-electron chi connectivity index (χ2n) is 2.65. The Balaban J connectivity index is 2.53. The van der Waals surface area contributed by atoms with E-state index < -0.39 is 0 Å². The highest BCUT2D eigenvalue weighted by Gasteiger charge is 2.14. The minimum Gasteiger partial charge on any atom is -0.376 e. The Bertz CT molecular complexity index is 314. The Morgan fingerprint density at radius 3 is 3.08 bits per heavy atom. The summed E-state index contributed by atoms with van der Waals surface area (Å²) in [4.78, 5) is 4.18. The summed E-state index contributed by atoms with van der Waals surface area (Å²) in [6.45, 7) is 1.26. The molecule has 0 spiro atoms. The van der Waals surface area contributed by atoms with Crippen LogP contribution in [0.3, 0.4) is 0 Å². The van der Waals surface area contributed by atoms with Gasteiger partial charge in [0.2, 0.25) is 0 Å². The topological polar surface area (TPSA) is 22.1 Å². The first-order valence-corrected chi connectivity index (χ1v) is 4.44. The zero-order chi connectivity index (χ0) is 8.55. The van der Waals surface area contributed by atoms with Gasteiger partial charge in [0.1, 0.15) is 5.15 Å². The number of fused-ring (bicyclic) bond motifs is 1. The van der Waals surface area contributed by atoms with Crippen molar-refractivity contribution in [2.75, 3.05) is 6.61 Å². The number of aromatic nitrogens is 1. The van der Waals surface area contributed by atoms with Gasteiger partial charge >= 0.3 is 0 Å². The van der Waals surface area contributed by atoms with Gasteiger partial charge in [-0.2, -0.15) is 0 Å². The van der Waals surface area contributed by atoms with E-state index in [4.69, 9.17) is 27.9 Å². The second-order valence-corrected chi connectivity index (χ2v) is 3.45. The maximum atomic E-state index is 5.94. The molecule has 2 rings (SSSR count). The van der Waals surface area contributed by atoms with Crippen LogP contribution in [0.15, 0.2) is 6.07 Å². The van der Waals surface area contributed by atoms with Crippen LogP contribution >= 0.6 is 23.2 Å². The minimum absolute atomic E-state index is 0.459. The minimum atomic E-state index is 0.459. The Morgan fingerprint density at radius 1 is 1.42 bits per heavy atom. The molecule has 64 valence electrons. The van der Waals surface area contributed by atoms with E-state index in [-0.39, 0.29) is 0 Å². The number of rotatable bonds is 0. The van der Waals surface area contributed by atoms with E-state index in [1.54, 1.807) is 6.07 Å². The van der Waals surface area contributed by atoms with Gasteiger partial charge in [-0.1, -0.05) is 23.2 Å². The van der Waals surface area contributed by atoms with Gasteiger partial charge in [0.05, 0.1) is 23.9 Å². The molecule has 0 bridgehead atoms. The lowest BCUT2D eigenvalue weighted by Gasteiger charge is -2.16. The third-order valence-electron chi connectivity index (χ3n) is 1.85. The molecule has 4 heteroatoms. The number of nitrogens with zero attached hydrogens (tertiary/aromatic N) is 1. The molecular weight excluding hydrogens is 197 g/mol. The maximum Gasteiger partial charge on any atom is 0.130 e. The lowest BCUT2D eigenvalue weighted by atomic mass is 10.1. The molecule has 0 saturated carbocycles. The van der Waals surface area contributed by atoms with Crippen molar-refractivity contribution < 1.29 is 4.74 Å². The quantitative estimate of drug-likeness (QED) is 0.605. The Morgan fingerprint density at radius 2 is 2.25 bits per heavy atom. The summed E-state index contributed by atoms with van der Waals surface area (Å²) in [5.41, 5.74) is 1.95. The van der Waals surface area contributed by atoms with Crippen LogP contribution in [0.4, 0.5) is 0 Å². The molecule has 0 aliphatic carbocycles. The standard InChI is InChI=1S/C8H7Cl2NO/c9-6-3-8(10)11-7-1-2-12-4-5(6)7/h3H,1-2,4H2. The number of halogens is 2. The summed E-state index contributed by atoms with van der Waals surface area (Å²) < 4.78 is 5.25. The van der Waals surface area contributed by atoms with Crippen LogP contribution in [-0.4, -0.2) is 11.6 Å². The van der Waals surface area contributed by atoms with E-state index in [1.165, 1.54) is 0 Å². The van der Waals surface area contributed by atoms with E-state index in [0.717, 1.165) is 17.7 Å². The van der Waals surface area contributed by atoms with Gasteiger partial charge in [-0.3, -0.25) is 0 Å². The second kappa shape index (κ2) is 3.21. The summed E-state index contributed by atoms with van der Waals surface area (Å²) in [5.74, 6) is 0. The van der Waals surface area contributed by atoms with Crippen molar-refractivity contribution in [1.29, 1.82) is 0 Å². The molecule has 1 aromatic rings. The highest BCUT2D eigenvalue weighted by Crippen LogP contribution is 2.25. The van der Waals surface area contributed by atoms with Crippen molar-refractivity contribution in [2.45, 2.75) is 13.0 Å². The summed E-state index contributed by atoms with van der Waals surface area (Å²) in [7, 11) is 0. The molecule has 0 saturated heterocycles. The average molecular weight is 204 g/mol. The first-order valence-electron chi connectivity index (χ1n) is 3.69. The average Bonchev–Trinajstić information content (AvgIpc) is 2.04. The highest BCUT2D eigenvalue weighted by atomic mass is 35.5. The van der Waals surface area contributed by atoms with Gasteiger partial charge in [-0.15, -0.1) is 0 Å². The number of pyridine rings is 1. The normalized spacial score (nSPS) is 15.8. The third-order valence-corrected chi connectivity index (χ3v) is 2.38. The van der Waals surface area contributed by atoms with Crippen LogP contribution in [0.2, 0.25) is 10.2 Å². The van der Waals surface area contributed by atoms with E-state index >= 15 is 0 Å². The molecule has 2 nitrogen and oxygen atoms in total. The van der Waals surface area contributed by atoms with Gasteiger partial charge in [-0.05, 0) is 6.07 Å². The molecule has 0 aromatic carbocycles. The summed E-state index contributed by atoms with van der Waals surface area (Å²) in [5, 5.41) is 1.12. The molecule has 1 aliphatic heterocycles. The first-order chi connectivity index (χ1) is 5.77. The molecule has 1 aliphatic rings. The SMILES string of the molecule is Clc1cc(Cl)c2c(n1)CCOC2. The van der Waals surface area contributed by atoms with Crippen LogP contribution in [0.1, 0.15) is 11.3 Å². The molecule has 0 atom stereocenters. The van der Waals surface area contributed by atoms with Gasteiger partial charge in [0.25, 0.3) is 0 Å². The Hall–Kier alpha value is -0.310. The Kier molecular flexibility index (Phi) is 2.22. The maximum absolute atomic E-state index is 5.94. The van der Waals surface area contributed by atoms with E-state index in [2.05, 4.69) is 4.98 Å². The van der Waals surface area contributed by atoms with Gasteiger partial charge in [-0.25, -0.2) is 4.98 Å². The fourth-order valence-corrected chi connectivity index (χ4v) is 1.79. The predicted octanol–water partition coefficient (Wildman–Crippen LogP) is 2.46. The van der Waals surface area contributed by atoms with Crippen molar-refractivity contribution in [3.8, 4) is 0 Å². The lowest BCUT2D eigenvalue weighted by molar-refractivity contribution is 0.109. The lowest BCUT2D eigenvalue weighted by Crippen LogP contribution is -2.12. The van der Waals surface area contributed by atoms with Crippen molar-refractivity contribution in [3.63, 3.8) is 0 Å². The van der Waals surface area contributed by atoms with Crippen LogP contribution in [0, 0.1) is 0 Å². The van der Waals surface area contributed by atoms with Crippen LogP contribution < -0.4 is 0 Å². The Labute approximate surface area is 80.5 Å². The van der Waals surface area contributed by atoms with Crippen molar-refractivity contribution >= 4 is 23.2 Å². The zero-order valence-corrected chi connectivity index (χ0v) is 7.82. The smallest absolute Gasteiger partial charge is 0.130 e. The number of ether oxygens (including phenoxy) is 1. The van der Waals surface area contributed by atoms with E-state index in [9.17, 15) is 0 Å². The summed E-state index contributed by atoms with van der Waals surface area (Å²) in [6.07, 6.45) is 0.801. The molecule has 0 amide bonds. The number of hydrogen-bond donors (Lipinski definition) is 0. The molecule has 0 fully saturated rings. The highest BCUT2D eigenvalue weighted by molar-refractivity contribution is 6.34. The van der Waals surface area contributed by atoms with Crippen LogP contribution in [0.25, 0.3) is 0 Å². The van der Waals surface area contributed by atoms with Crippen LogP contribution in [-0.2, 0) is 17.8 Å². The van der Waals surface area contributed by atoms with Crippen molar-refractivity contribution in [3.05, 3.63) is 27.5 Å². The third kappa shape index (κ3) is 1.42. The largest absolute Gasteiger partial charge is 0.376 e. The molecule has 2 heterocycles. The predicted molar refractivity (Wildman–Crippen MR) is 47.6 cm³/mol. The van der Waals surface area contributed by atoms with Gasteiger partial charge in [0.15, 0.2) is 0 Å². The fourth-order valence-electron chi connectivity index (χ4n) is 1.26. The summed E-state index contributed by atoms with van der Waals surface area (Å²) >= 11 is 11.7. The van der Waals surface area contributed by atoms with Crippen LogP contribution in [0.5, 0.6) is 0 Å².